The standard InChI is InChI=1S/C27H33N3O/c1-19-7-8-23-22(16-19)27-24-6-3-14-29(24)15-11-25(27)30(23)17-26(21-9-12-28-13-10-21)31-18-20-4-2-5-20/h7-10,12-13,16,20,24,26H,2-6,11,14-15,17-18H2,1H3. The van der Waals surface area contributed by atoms with E-state index in [-0.39, 0.29) is 6.10 Å². The van der Waals surface area contributed by atoms with Crippen LogP contribution in [0, 0.1) is 12.8 Å². The Balaban J connectivity index is 1.41. The minimum atomic E-state index is 0.0752. The van der Waals surface area contributed by atoms with E-state index in [1.54, 1.807) is 11.3 Å². The molecule has 1 saturated carbocycles. The molecular formula is C27H33N3O. The summed E-state index contributed by atoms with van der Waals surface area (Å²) in [6.07, 6.45) is 11.6. The van der Waals surface area contributed by atoms with Crippen molar-refractivity contribution in [3.8, 4) is 0 Å². The van der Waals surface area contributed by atoms with Gasteiger partial charge >= 0.3 is 0 Å². The molecule has 4 heteroatoms. The van der Waals surface area contributed by atoms with Crippen LogP contribution in [0.1, 0.15) is 66.6 Å². The molecule has 4 nitrogen and oxygen atoms in total. The maximum atomic E-state index is 6.60. The minimum Gasteiger partial charge on any atom is -0.371 e. The Hall–Kier alpha value is -2.17. The molecule has 0 bridgehead atoms. The molecule has 1 aliphatic carbocycles. The first-order valence-corrected chi connectivity index (χ1v) is 12.1. The first kappa shape index (κ1) is 19.5. The Morgan fingerprint density at radius 2 is 1.94 bits per heavy atom. The minimum absolute atomic E-state index is 0.0752. The van der Waals surface area contributed by atoms with Gasteiger partial charge in [-0.25, -0.2) is 0 Å². The molecule has 2 aliphatic heterocycles. The Labute approximate surface area is 185 Å². The van der Waals surface area contributed by atoms with Crippen LogP contribution in [0.4, 0.5) is 0 Å². The molecular weight excluding hydrogens is 382 g/mol. The highest BCUT2D eigenvalue weighted by Crippen LogP contribution is 2.44. The average molecular weight is 416 g/mol. The Bertz CT molecular complexity index is 1070. The molecule has 2 aromatic heterocycles. The van der Waals surface area contributed by atoms with E-state index in [9.17, 15) is 0 Å². The van der Waals surface area contributed by atoms with Crippen LogP contribution in [0.5, 0.6) is 0 Å². The zero-order chi connectivity index (χ0) is 20.8. The second kappa shape index (κ2) is 8.07. The van der Waals surface area contributed by atoms with Crippen molar-refractivity contribution in [2.75, 3.05) is 19.7 Å². The first-order valence-electron chi connectivity index (χ1n) is 12.1. The van der Waals surface area contributed by atoms with Crippen LogP contribution in [0.15, 0.2) is 42.7 Å². The highest BCUT2D eigenvalue weighted by atomic mass is 16.5. The maximum absolute atomic E-state index is 6.60. The summed E-state index contributed by atoms with van der Waals surface area (Å²) in [5.74, 6) is 0.745. The van der Waals surface area contributed by atoms with Crippen molar-refractivity contribution in [1.82, 2.24) is 14.5 Å². The van der Waals surface area contributed by atoms with Gasteiger partial charge in [-0.2, -0.15) is 0 Å². The maximum Gasteiger partial charge on any atom is 0.100 e. The number of hydrogen-bond donors (Lipinski definition) is 0. The molecule has 162 valence electrons. The molecule has 4 heterocycles. The van der Waals surface area contributed by atoms with Crippen LogP contribution < -0.4 is 0 Å². The lowest BCUT2D eigenvalue weighted by Gasteiger charge is -2.32. The van der Waals surface area contributed by atoms with Crippen molar-refractivity contribution in [2.45, 2.75) is 64.1 Å². The van der Waals surface area contributed by atoms with Crippen molar-refractivity contribution in [2.24, 2.45) is 5.92 Å². The van der Waals surface area contributed by atoms with Gasteiger partial charge in [0, 0.05) is 48.0 Å². The fourth-order valence-corrected chi connectivity index (χ4v) is 5.98. The van der Waals surface area contributed by atoms with Crippen molar-refractivity contribution in [1.29, 1.82) is 0 Å². The van der Waals surface area contributed by atoms with E-state index in [2.05, 4.69) is 51.7 Å². The van der Waals surface area contributed by atoms with Crippen LogP contribution in [-0.4, -0.2) is 34.1 Å². The fraction of sp³-hybridized carbons (Fsp3) is 0.519. The Morgan fingerprint density at radius 3 is 2.74 bits per heavy atom. The number of pyridine rings is 1. The van der Waals surface area contributed by atoms with Gasteiger partial charge in [0.05, 0.1) is 13.2 Å². The number of ether oxygens (including phenoxy) is 1. The fourth-order valence-electron chi connectivity index (χ4n) is 5.98. The van der Waals surface area contributed by atoms with Gasteiger partial charge < -0.3 is 9.30 Å². The molecule has 2 fully saturated rings. The van der Waals surface area contributed by atoms with Gasteiger partial charge in [0.1, 0.15) is 6.10 Å². The summed E-state index contributed by atoms with van der Waals surface area (Å²) in [5, 5.41) is 1.47. The van der Waals surface area contributed by atoms with Crippen LogP contribution in [0.2, 0.25) is 0 Å². The molecule has 1 saturated heterocycles. The zero-order valence-corrected chi connectivity index (χ0v) is 18.6. The topological polar surface area (TPSA) is 30.3 Å². The van der Waals surface area contributed by atoms with E-state index in [0.717, 1.165) is 25.5 Å². The summed E-state index contributed by atoms with van der Waals surface area (Å²) in [5.41, 5.74) is 7.14. The van der Waals surface area contributed by atoms with Gasteiger partial charge in [0.2, 0.25) is 0 Å². The number of rotatable bonds is 6. The van der Waals surface area contributed by atoms with Gasteiger partial charge in [-0.3, -0.25) is 9.88 Å². The SMILES string of the molecule is Cc1ccc2c(c1)c1c(n2CC(OCC2CCC2)c2ccncc2)CCN2CCCC12. The van der Waals surface area contributed by atoms with E-state index in [0.29, 0.717) is 6.04 Å². The van der Waals surface area contributed by atoms with Crippen molar-refractivity contribution in [3.63, 3.8) is 0 Å². The van der Waals surface area contributed by atoms with Crippen molar-refractivity contribution in [3.05, 3.63) is 65.1 Å². The zero-order valence-electron chi connectivity index (χ0n) is 18.6. The molecule has 3 aromatic rings. The molecule has 3 aliphatic rings. The normalized spacial score (nSPS) is 22.3. The van der Waals surface area contributed by atoms with Crippen molar-refractivity contribution < 1.29 is 4.74 Å². The summed E-state index contributed by atoms with van der Waals surface area (Å²) in [6.45, 7) is 6.44. The predicted octanol–water partition coefficient (Wildman–Crippen LogP) is 5.60. The smallest absolute Gasteiger partial charge is 0.100 e. The van der Waals surface area contributed by atoms with E-state index in [4.69, 9.17) is 4.74 Å². The number of aryl methyl sites for hydroxylation is 1. The summed E-state index contributed by atoms with van der Waals surface area (Å²) in [7, 11) is 0. The second-order valence-corrected chi connectivity index (χ2v) is 9.84. The first-order chi connectivity index (χ1) is 15.3. The van der Waals surface area contributed by atoms with Gasteiger partial charge in [0.15, 0.2) is 0 Å². The lowest BCUT2D eigenvalue weighted by Crippen LogP contribution is -2.32. The summed E-state index contributed by atoms with van der Waals surface area (Å²) >= 11 is 0. The monoisotopic (exact) mass is 415 g/mol. The third kappa shape index (κ3) is 3.50. The summed E-state index contributed by atoms with van der Waals surface area (Å²) in [4.78, 5) is 6.96. The molecule has 31 heavy (non-hydrogen) atoms. The molecule has 0 N–H and O–H groups in total. The van der Waals surface area contributed by atoms with Gasteiger partial charge in [-0.05, 0) is 80.5 Å². The third-order valence-corrected chi connectivity index (χ3v) is 7.89. The summed E-state index contributed by atoms with van der Waals surface area (Å²) in [6, 6.07) is 11.9. The van der Waals surface area contributed by atoms with E-state index >= 15 is 0 Å². The second-order valence-electron chi connectivity index (χ2n) is 9.84. The highest BCUT2D eigenvalue weighted by Gasteiger charge is 2.35. The number of hydrogen-bond acceptors (Lipinski definition) is 3. The summed E-state index contributed by atoms with van der Waals surface area (Å²) < 4.78 is 9.20. The van der Waals surface area contributed by atoms with Crippen LogP contribution >= 0.6 is 0 Å². The Morgan fingerprint density at radius 1 is 1.06 bits per heavy atom. The molecule has 2 unspecified atom stereocenters. The Kier molecular flexibility index (Phi) is 5.08. The lowest BCUT2D eigenvalue weighted by molar-refractivity contribution is 0.000641. The van der Waals surface area contributed by atoms with E-state index < -0.39 is 0 Å². The van der Waals surface area contributed by atoms with Gasteiger partial charge in [-0.1, -0.05) is 18.1 Å². The third-order valence-electron chi connectivity index (χ3n) is 7.89. The largest absolute Gasteiger partial charge is 0.371 e. The molecule has 0 amide bonds. The van der Waals surface area contributed by atoms with Crippen molar-refractivity contribution >= 4 is 10.9 Å². The average Bonchev–Trinajstić information content (AvgIpc) is 3.35. The van der Waals surface area contributed by atoms with Gasteiger partial charge in [0.25, 0.3) is 0 Å². The molecule has 1 aromatic carbocycles. The van der Waals surface area contributed by atoms with E-state index in [1.807, 2.05) is 12.4 Å². The number of fused-ring (bicyclic) bond motifs is 5. The van der Waals surface area contributed by atoms with Crippen LogP contribution in [0.25, 0.3) is 10.9 Å². The number of aromatic nitrogens is 2. The quantitative estimate of drug-likeness (QED) is 0.525. The van der Waals surface area contributed by atoms with Gasteiger partial charge in [-0.15, -0.1) is 0 Å². The molecule has 6 rings (SSSR count). The van der Waals surface area contributed by atoms with Crippen LogP contribution in [0.3, 0.4) is 0 Å². The number of benzene rings is 1. The highest BCUT2D eigenvalue weighted by molar-refractivity contribution is 5.87. The molecule has 2 atom stereocenters. The molecule has 0 radical (unpaired) electrons. The lowest BCUT2D eigenvalue weighted by atomic mass is 9.86. The van der Waals surface area contributed by atoms with E-state index in [1.165, 1.54) is 67.2 Å². The number of nitrogens with zero attached hydrogens (tertiary/aromatic N) is 3. The predicted molar refractivity (Wildman–Crippen MR) is 124 cm³/mol. The van der Waals surface area contributed by atoms with Crippen LogP contribution in [-0.2, 0) is 17.7 Å². The molecule has 0 spiro atoms.